The monoisotopic (exact) mass is 1090 g/mol. The fourth-order valence-electron chi connectivity index (χ4n) is 8.71. The van der Waals surface area contributed by atoms with Gasteiger partial charge in [0, 0.05) is 13.0 Å². The highest BCUT2D eigenvalue weighted by molar-refractivity contribution is 7.80. The third-order valence-corrected chi connectivity index (χ3v) is 13.7. The predicted molar refractivity (Wildman–Crippen MR) is 312 cm³/mol. The van der Waals surface area contributed by atoms with Crippen molar-refractivity contribution < 1.29 is 56.2 Å². The van der Waals surface area contributed by atoms with Crippen LogP contribution in [-0.4, -0.2) is 97.5 Å². The van der Waals surface area contributed by atoms with E-state index in [1.54, 1.807) is 0 Å². The molecule has 1 rings (SSSR count). The van der Waals surface area contributed by atoms with Crippen molar-refractivity contribution in [1.82, 2.24) is 0 Å². The quantitative estimate of drug-likeness (QED) is 0.0196. The first-order valence-corrected chi connectivity index (χ1v) is 31.4. The molecule has 1 heterocycles. The van der Waals surface area contributed by atoms with Crippen molar-refractivity contribution in [1.29, 1.82) is 0 Å². The average Bonchev–Trinajstić information content (AvgIpc) is 3.40. The van der Waals surface area contributed by atoms with E-state index in [2.05, 4.69) is 115 Å². The summed E-state index contributed by atoms with van der Waals surface area (Å²) >= 11 is 0. The van der Waals surface area contributed by atoms with E-state index in [1.807, 2.05) is 0 Å². The molecule has 0 aromatic carbocycles. The Morgan fingerprint density at radius 1 is 0.513 bits per heavy atom. The number of hydrogen-bond donors (Lipinski definition) is 4. The summed E-state index contributed by atoms with van der Waals surface area (Å²) < 4.78 is 59.5. The Kier molecular flexibility index (Phi) is 49.3. The number of allylic oxidation sites excluding steroid dienone is 16. The summed E-state index contributed by atoms with van der Waals surface area (Å²) in [7, 11) is -5.08. The third kappa shape index (κ3) is 44.9. The van der Waals surface area contributed by atoms with Crippen LogP contribution in [0.4, 0.5) is 0 Å². The van der Waals surface area contributed by atoms with Gasteiger partial charge in [0.05, 0.1) is 19.8 Å². The van der Waals surface area contributed by atoms with Gasteiger partial charge in [0.2, 0.25) is 0 Å². The maximum Gasteiger partial charge on any atom is 0.397 e. The fourth-order valence-corrected chi connectivity index (χ4v) is 9.22. The van der Waals surface area contributed by atoms with Crippen LogP contribution in [0.2, 0.25) is 0 Å². The van der Waals surface area contributed by atoms with Crippen molar-refractivity contribution in [2.45, 2.75) is 269 Å². The Balaban J connectivity index is 2.31. The van der Waals surface area contributed by atoms with Gasteiger partial charge >= 0.3 is 16.4 Å². The molecule has 6 atom stereocenters. The molecule has 0 spiro atoms. The lowest BCUT2D eigenvalue weighted by atomic mass is 9.99. The lowest BCUT2D eigenvalue weighted by Gasteiger charge is -2.41. The summed E-state index contributed by atoms with van der Waals surface area (Å²) in [6.45, 7) is 3.86. The minimum atomic E-state index is -5.08. The van der Waals surface area contributed by atoms with Crippen molar-refractivity contribution >= 4 is 16.4 Å². The van der Waals surface area contributed by atoms with Crippen molar-refractivity contribution in [2.75, 3.05) is 26.4 Å². The highest BCUT2D eigenvalue weighted by atomic mass is 32.3. The molecular weight excluding hydrogens is 981 g/mol. The SMILES string of the molecule is CC/C=C\C/C=C\C/C=C\C/C=C\C/C=C\CCCCCCCCCCCC(=O)OC(COCCCCCCCCCCC/C=C\C/C=C\C/C=C\CCCCCCC)COC1OC(CO)C(O)C(OS(=O)(=O)O)C1O. The van der Waals surface area contributed by atoms with Crippen LogP contribution in [0.25, 0.3) is 0 Å². The molecule has 13 heteroatoms. The standard InChI is InChI=1S/C63H108O12S/c1-3-5-7-9-11-13-15-17-19-21-23-25-27-29-30-32-34-36-38-40-42-44-46-48-50-52-59(65)73-57(56-72-63-61(67)62(75-76(68,69)70)60(66)58(54-64)74-63)55-71-53-51-49-47-45-43-41-39-37-35-33-31-28-26-24-22-20-18-16-14-12-10-8-6-4-2/h5,7,11,13,16-19,22-25,28-31,57-58,60-64,66-67H,3-4,6,8-10,12,14-15,20-21,26-27,32-56H2,1-2H3,(H,68,69,70)/b7-5-,13-11-,18-16-,19-17-,24-22-,25-23-,30-29-,31-28-. The first kappa shape index (κ1) is 71.0. The highest BCUT2D eigenvalue weighted by Crippen LogP contribution is 2.26. The first-order valence-electron chi connectivity index (χ1n) is 30.0. The van der Waals surface area contributed by atoms with Crippen LogP contribution in [0.3, 0.4) is 0 Å². The van der Waals surface area contributed by atoms with Gasteiger partial charge in [-0.2, -0.15) is 8.42 Å². The van der Waals surface area contributed by atoms with Crippen molar-refractivity contribution in [3.8, 4) is 0 Å². The van der Waals surface area contributed by atoms with Gasteiger partial charge in [-0.3, -0.25) is 9.35 Å². The van der Waals surface area contributed by atoms with Crippen molar-refractivity contribution in [3.05, 3.63) is 97.2 Å². The zero-order valence-corrected chi connectivity index (χ0v) is 48.4. The van der Waals surface area contributed by atoms with Crippen LogP contribution in [-0.2, 0) is 38.3 Å². The third-order valence-electron chi connectivity index (χ3n) is 13.2. The molecule has 1 saturated heterocycles. The second kappa shape index (κ2) is 52.7. The van der Waals surface area contributed by atoms with Crippen LogP contribution in [0.5, 0.6) is 0 Å². The van der Waals surface area contributed by atoms with Crippen molar-refractivity contribution in [2.24, 2.45) is 0 Å². The maximum absolute atomic E-state index is 13.0. The van der Waals surface area contributed by atoms with E-state index in [0.717, 1.165) is 96.3 Å². The van der Waals surface area contributed by atoms with Gasteiger partial charge < -0.3 is 34.3 Å². The van der Waals surface area contributed by atoms with Crippen LogP contribution in [0.15, 0.2) is 97.2 Å². The Labute approximate surface area is 463 Å². The zero-order chi connectivity index (χ0) is 55.3. The number of esters is 1. The molecule has 0 amide bonds. The van der Waals surface area contributed by atoms with Gasteiger partial charge in [-0.1, -0.05) is 227 Å². The molecule has 12 nitrogen and oxygen atoms in total. The number of carbonyl (C=O) groups is 1. The molecule has 438 valence electrons. The number of aliphatic hydroxyl groups excluding tert-OH is 3. The predicted octanol–water partition coefficient (Wildman–Crippen LogP) is 15.3. The van der Waals surface area contributed by atoms with E-state index in [9.17, 15) is 33.1 Å². The molecule has 0 radical (unpaired) electrons. The Bertz CT molecular complexity index is 1680. The smallest absolute Gasteiger partial charge is 0.397 e. The summed E-state index contributed by atoms with van der Waals surface area (Å²) in [6, 6.07) is 0. The molecule has 6 unspecified atom stereocenters. The lowest BCUT2D eigenvalue weighted by Crippen LogP contribution is -2.60. The van der Waals surface area contributed by atoms with E-state index in [4.69, 9.17) is 18.9 Å². The van der Waals surface area contributed by atoms with Crippen molar-refractivity contribution in [3.63, 3.8) is 0 Å². The van der Waals surface area contributed by atoms with E-state index in [-0.39, 0.29) is 19.6 Å². The van der Waals surface area contributed by atoms with Crippen LogP contribution in [0, 0.1) is 0 Å². The zero-order valence-electron chi connectivity index (χ0n) is 47.5. The largest absolute Gasteiger partial charge is 0.457 e. The topological polar surface area (TPSA) is 178 Å². The molecule has 76 heavy (non-hydrogen) atoms. The molecule has 0 saturated carbocycles. The molecular formula is C63H108O12S. The summed E-state index contributed by atoms with van der Waals surface area (Å²) in [5, 5.41) is 30.9. The van der Waals surface area contributed by atoms with Gasteiger partial charge in [-0.25, -0.2) is 4.18 Å². The fraction of sp³-hybridized carbons (Fsp3) is 0.730. The molecule has 4 N–H and O–H groups in total. The average molecular weight is 1090 g/mol. The van der Waals surface area contributed by atoms with E-state index >= 15 is 0 Å². The summed E-state index contributed by atoms with van der Waals surface area (Å²) in [6.07, 6.45) is 64.4. The minimum Gasteiger partial charge on any atom is -0.457 e. The number of hydrogen-bond acceptors (Lipinski definition) is 11. The van der Waals surface area contributed by atoms with Crippen LogP contribution in [0.1, 0.15) is 232 Å². The summed E-state index contributed by atoms with van der Waals surface area (Å²) in [5.41, 5.74) is 0. The van der Waals surface area contributed by atoms with Crippen LogP contribution < -0.4 is 0 Å². The highest BCUT2D eigenvalue weighted by Gasteiger charge is 2.48. The number of rotatable bonds is 52. The summed E-state index contributed by atoms with van der Waals surface area (Å²) in [4.78, 5) is 13.0. The van der Waals surface area contributed by atoms with Gasteiger partial charge in [0.1, 0.15) is 30.5 Å². The maximum atomic E-state index is 13.0. The molecule has 0 aromatic heterocycles. The Morgan fingerprint density at radius 2 is 0.908 bits per heavy atom. The van der Waals surface area contributed by atoms with E-state index in [0.29, 0.717) is 13.0 Å². The van der Waals surface area contributed by atoms with Crippen LogP contribution >= 0.6 is 0 Å². The van der Waals surface area contributed by atoms with Gasteiger partial charge in [0.15, 0.2) is 6.29 Å². The number of ether oxygens (including phenoxy) is 4. The molecule has 0 aliphatic carbocycles. The lowest BCUT2D eigenvalue weighted by molar-refractivity contribution is -0.301. The molecule has 1 fully saturated rings. The van der Waals surface area contributed by atoms with Gasteiger partial charge in [-0.15, -0.1) is 0 Å². The normalized spacial score (nSPS) is 19.3. The van der Waals surface area contributed by atoms with Gasteiger partial charge in [0.25, 0.3) is 0 Å². The Morgan fingerprint density at radius 3 is 1.33 bits per heavy atom. The van der Waals surface area contributed by atoms with Gasteiger partial charge in [-0.05, 0) is 96.3 Å². The molecule has 1 aliphatic rings. The minimum absolute atomic E-state index is 0.0245. The second-order valence-electron chi connectivity index (χ2n) is 20.2. The Hall–Kier alpha value is -2.98. The number of unbranched alkanes of at least 4 members (excludes halogenated alkanes) is 23. The first-order chi connectivity index (χ1) is 37.1. The number of aliphatic hydroxyl groups is 3. The van der Waals surface area contributed by atoms with E-state index < -0.39 is 59.8 Å². The summed E-state index contributed by atoms with van der Waals surface area (Å²) in [5.74, 6) is -0.409. The second-order valence-corrected chi connectivity index (χ2v) is 21.3. The van der Waals surface area contributed by atoms with E-state index in [1.165, 1.54) is 109 Å². The molecule has 1 aliphatic heterocycles. The molecule has 0 bridgehead atoms. The molecule has 0 aromatic rings. The number of carbonyl (C=O) groups excluding carboxylic acids is 1.